The number of carbonyl (C=O) groups is 1. The Morgan fingerprint density at radius 2 is 1.89 bits per heavy atom. The number of carbonyl (C=O) groups excluding carboxylic acids is 1. The van der Waals surface area contributed by atoms with Gasteiger partial charge >= 0.3 is 0 Å². The second kappa shape index (κ2) is 7.71. The molecule has 0 saturated heterocycles. The topological polar surface area (TPSA) is 54.9 Å². The standard InChI is InChI=1S/C21H21ClN2O2S/c1-12(2)24-13(3)9-16(14(24)4)10-19-21(26)23-20(27-19)11-18(25)15-5-7-17(22)8-6-15/h5-12H,1-4H3,(H,23,26)/b19-10-,20-11-. The van der Waals surface area contributed by atoms with Gasteiger partial charge in [-0.15, -0.1) is 11.3 Å². The lowest BCUT2D eigenvalue weighted by Gasteiger charge is -2.13. The first kappa shape index (κ1) is 19.4. The molecule has 0 aliphatic rings. The highest BCUT2D eigenvalue weighted by Crippen LogP contribution is 2.20. The van der Waals surface area contributed by atoms with E-state index in [1.54, 1.807) is 24.3 Å². The first-order chi connectivity index (χ1) is 12.8. The van der Waals surface area contributed by atoms with E-state index in [1.165, 1.54) is 17.4 Å². The van der Waals surface area contributed by atoms with Crippen molar-refractivity contribution >= 4 is 40.9 Å². The number of Topliss-reactive ketones (excluding diaryl/α,β-unsaturated/α-hetero) is 1. The van der Waals surface area contributed by atoms with Crippen LogP contribution in [-0.4, -0.2) is 15.3 Å². The minimum absolute atomic E-state index is 0.172. The molecular weight excluding hydrogens is 380 g/mol. The van der Waals surface area contributed by atoms with Crippen LogP contribution in [0, 0.1) is 13.8 Å². The van der Waals surface area contributed by atoms with Crippen molar-refractivity contribution in [2.75, 3.05) is 0 Å². The monoisotopic (exact) mass is 400 g/mol. The predicted molar refractivity (Wildman–Crippen MR) is 112 cm³/mol. The molecule has 0 bridgehead atoms. The van der Waals surface area contributed by atoms with E-state index in [2.05, 4.69) is 43.3 Å². The number of nitrogens with one attached hydrogen (secondary N) is 1. The normalized spacial score (nSPS) is 13.0. The average Bonchev–Trinajstić information content (AvgIpc) is 3.07. The van der Waals surface area contributed by atoms with E-state index in [0.29, 0.717) is 25.8 Å². The van der Waals surface area contributed by atoms with Gasteiger partial charge in [-0.25, -0.2) is 0 Å². The lowest BCUT2D eigenvalue weighted by atomic mass is 10.1. The van der Waals surface area contributed by atoms with Crippen molar-refractivity contribution in [1.82, 2.24) is 9.55 Å². The number of rotatable bonds is 4. The number of ketones is 1. The molecule has 140 valence electrons. The summed E-state index contributed by atoms with van der Waals surface area (Å²) in [5.74, 6) is -0.172. The molecule has 1 N–H and O–H groups in total. The van der Waals surface area contributed by atoms with Gasteiger partial charge in [0.2, 0.25) is 0 Å². The zero-order valence-electron chi connectivity index (χ0n) is 15.7. The fraction of sp³-hybridized carbons (Fsp3) is 0.238. The van der Waals surface area contributed by atoms with Crippen LogP contribution in [-0.2, 0) is 0 Å². The van der Waals surface area contributed by atoms with E-state index >= 15 is 0 Å². The molecule has 27 heavy (non-hydrogen) atoms. The van der Waals surface area contributed by atoms with Gasteiger partial charge in [-0.2, -0.15) is 0 Å². The Balaban J connectivity index is 2.01. The highest BCUT2D eigenvalue weighted by Gasteiger charge is 2.10. The number of aromatic amines is 1. The van der Waals surface area contributed by atoms with Crippen LogP contribution in [0.4, 0.5) is 0 Å². The molecule has 0 amide bonds. The lowest BCUT2D eigenvalue weighted by Crippen LogP contribution is -2.20. The molecule has 0 atom stereocenters. The van der Waals surface area contributed by atoms with Crippen LogP contribution in [0.15, 0.2) is 35.1 Å². The maximum absolute atomic E-state index is 12.4. The highest BCUT2D eigenvalue weighted by molar-refractivity contribution is 7.07. The van der Waals surface area contributed by atoms with Crippen molar-refractivity contribution in [1.29, 1.82) is 0 Å². The van der Waals surface area contributed by atoms with Crippen LogP contribution >= 0.6 is 22.9 Å². The van der Waals surface area contributed by atoms with Crippen LogP contribution in [0.1, 0.15) is 47.2 Å². The van der Waals surface area contributed by atoms with Crippen molar-refractivity contribution < 1.29 is 4.79 Å². The van der Waals surface area contributed by atoms with Crippen molar-refractivity contribution in [2.24, 2.45) is 0 Å². The molecule has 4 nitrogen and oxygen atoms in total. The molecule has 0 spiro atoms. The fourth-order valence-corrected chi connectivity index (χ4v) is 4.23. The van der Waals surface area contributed by atoms with Gasteiger partial charge in [0.15, 0.2) is 5.78 Å². The molecule has 0 fully saturated rings. The lowest BCUT2D eigenvalue weighted by molar-refractivity contribution is 0.106. The molecule has 0 unspecified atom stereocenters. The summed E-state index contributed by atoms with van der Waals surface area (Å²) in [5.41, 5.74) is 3.64. The van der Waals surface area contributed by atoms with Gasteiger partial charge in [0.25, 0.3) is 5.56 Å². The van der Waals surface area contributed by atoms with Crippen molar-refractivity contribution in [3.05, 3.63) is 77.4 Å². The van der Waals surface area contributed by atoms with Crippen molar-refractivity contribution in [2.45, 2.75) is 33.7 Å². The molecule has 0 aliphatic heterocycles. The van der Waals surface area contributed by atoms with Gasteiger partial charge < -0.3 is 9.55 Å². The summed E-state index contributed by atoms with van der Waals surface area (Å²) in [5, 5.41) is 0.576. The molecule has 0 radical (unpaired) electrons. The van der Waals surface area contributed by atoms with Crippen LogP contribution < -0.4 is 14.8 Å². The van der Waals surface area contributed by atoms with Gasteiger partial charge in [0.05, 0.1) is 9.20 Å². The predicted octanol–water partition coefficient (Wildman–Crippen LogP) is 3.58. The molecule has 3 aromatic rings. The van der Waals surface area contributed by atoms with Crippen molar-refractivity contribution in [3.63, 3.8) is 0 Å². The maximum Gasteiger partial charge on any atom is 0.266 e. The third-order valence-corrected chi connectivity index (χ3v) is 5.61. The highest BCUT2D eigenvalue weighted by atomic mass is 35.5. The summed E-state index contributed by atoms with van der Waals surface area (Å²) in [6, 6.07) is 9.11. The zero-order valence-corrected chi connectivity index (χ0v) is 17.2. The van der Waals surface area contributed by atoms with Gasteiger partial charge in [-0.1, -0.05) is 11.6 Å². The largest absolute Gasteiger partial charge is 0.346 e. The summed E-state index contributed by atoms with van der Waals surface area (Å²) in [6.45, 7) is 8.39. The van der Waals surface area contributed by atoms with Crippen LogP contribution in [0.5, 0.6) is 0 Å². The second-order valence-electron chi connectivity index (χ2n) is 6.73. The van der Waals surface area contributed by atoms with E-state index in [1.807, 2.05) is 6.08 Å². The average molecular weight is 401 g/mol. The number of thiazole rings is 1. The van der Waals surface area contributed by atoms with Crippen LogP contribution in [0.25, 0.3) is 12.2 Å². The Kier molecular flexibility index (Phi) is 5.53. The first-order valence-corrected chi connectivity index (χ1v) is 9.86. The Hall–Kier alpha value is -2.37. The number of aryl methyl sites for hydroxylation is 1. The van der Waals surface area contributed by atoms with E-state index in [-0.39, 0.29) is 11.3 Å². The molecular formula is C21H21ClN2O2S. The number of aromatic nitrogens is 2. The van der Waals surface area contributed by atoms with E-state index < -0.39 is 0 Å². The molecule has 2 aromatic heterocycles. The van der Waals surface area contributed by atoms with Crippen LogP contribution in [0.2, 0.25) is 5.02 Å². The third kappa shape index (κ3) is 4.15. The minimum Gasteiger partial charge on any atom is -0.346 e. The molecule has 6 heteroatoms. The zero-order chi connectivity index (χ0) is 19.7. The number of hydrogen-bond donors (Lipinski definition) is 1. The van der Waals surface area contributed by atoms with Gasteiger partial charge in [0, 0.05) is 34.1 Å². The van der Waals surface area contributed by atoms with Gasteiger partial charge in [-0.05, 0) is 69.7 Å². The fourth-order valence-electron chi connectivity index (χ4n) is 3.23. The Morgan fingerprint density at radius 1 is 1.22 bits per heavy atom. The van der Waals surface area contributed by atoms with Crippen molar-refractivity contribution in [3.8, 4) is 0 Å². The van der Waals surface area contributed by atoms with E-state index in [9.17, 15) is 9.59 Å². The SMILES string of the molecule is Cc1cc(/C=c2\s/c(=C\C(=O)c3ccc(Cl)cc3)[nH]c2=O)c(C)n1C(C)C. The number of hydrogen-bond acceptors (Lipinski definition) is 3. The number of benzene rings is 1. The van der Waals surface area contributed by atoms with Crippen LogP contribution in [0.3, 0.4) is 0 Å². The quantitative estimate of drug-likeness (QED) is 0.680. The molecule has 1 aromatic carbocycles. The molecule has 2 heterocycles. The minimum atomic E-state index is -0.190. The summed E-state index contributed by atoms with van der Waals surface area (Å²) >= 11 is 7.13. The van der Waals surface area contributed by atoms with E-state index in [0.717, 1.165) is 17.0 Å². The van der Waals surface area contributed by atoms with E-state index in [4.69, 9.17) is 11.6 Å². The number of nitrogens with zero attached hydrogens (tertiary/aromatic N) is 1. The summed E-state index contributed by atoms with van der Waals surface area (Å²) in [6.07, 6.45) is 3.33. The molecule has 0 saturated carbocycles. The Morgan fingerprint density at radius 3 is 2.48 bits per heavy atom. The Labute approximate surface area is 166 Å². The van der Waals surface area contributed by atoms with Gasteiger partial charge in [0.1, 0.15) is 0 Å². The molecule has 0 aliphatic carbocycles. The number of H-pyrrole nitrogens is 1. The second-order valence-corrected chi connectivity index (χ2v) is 8.25. The smallest absolute Gasteiger partial charge is 0.266 e. The molecule has 3 rings (SSSR count). The summed E-state index contributed by atoms with van der Waals surface area (Å²) in [4.78, 5) is 27.4. The first-order valence-electron chi connectivity index (χ1n) is 8.67. The summed E-state index contributed by atoms with van der Waals surface area (Å²) < 4.78 is 3.35. The third-order valence-electron chi connectivity index (χ3n) is 4.40. The van der Waals surface area contributed by atoms with Gasteiger partial charge in [-0.3, -0.25) is 9.59 Å². The number of halogens is 1. The maximum atomic E-state index is 12.4. The summed E-state index contributed by atoms with van der Waals surface area (Å²) in [7, 11) is 0. The Bertz CT molecular complexity index is 1160.